The lowest BCUT2D eigenvalue weighted by Gasteiger charge is -2.07. The van der Waals surface area contributed by atoms with Gasteiger partial charge in [0.2, 0.25) is 0 Å². The first kappa shape index (κ1) is 12.9. The Morgan fingerprint density at radius 2 is 1.95 bits per heavy atom. The van der Waals surface area contributed by atoms with E-state index in [1.165, 1.54) is 10.8 Å². The van der Waals surface area contributed by atoms with Crippen LogP contribution in [0.25, 0.3) is 10.8 Å². The Kier molecular flexibility index (Phi) is 3.83. The molecule has 1 heterocycles. The zero-order chi connectivity index (χ0) is 13.8. The lowest BCUT2D eigenvalue weighted by molar-refractivity contribution is 0.290. The molecule has 4 nitrogen and oxygen atoms in total. The van der Waals surface area contributed by atoms with E-state index in [1.54, 1.807) is 4.68 Å². The Balaban J connectivity index is 1.62. The molecular formula is C15H14ClN3O. The van der Waals surface area contributed by atoms with Gasteiger partial charge in [-0.25, -0.2) is 4.68 Å². The summed E-state index contributed by atoms with van der Waals surface area (Å²) < 4.78 is 7.47. The van der Waals surface area contributed by atoms with Crippen LogP contribution in [0.1, 0.15) is 5.69 Å². The van der Waals surface area contributed by atoms with E-state index in [9.17, 15) is 0 Å². The zero-order valence-electron chi connectivity index (χ0n) is 10.9. The van der Waals surface area contributed by atoms with E-state index in [1.807, 2.05) is 30.5 Å². The normalized spacial score (nSPS) is 10.8. The minimum Gasteiger partial charge on any atom is -0.492 e. The fraction of sp³-hybridized carbons (Fsp3) is 0.200. The molecule has 102 valence electrons. The molecule has 0 atom stereocenters. The van der Waals surface area contributed by atoms with E-state index in [4.69, 9.17) is 16.3 Å². The minimum absolute atomic E-state index is 0.380. The van der Waals surface area contributed by atoms with Crippen molar-refractivity contribution in [2.45, 2.75) is 12.4 Å². The fourth-order valence-electron chi connectivity index (χ4n) is 2.02. The van der Waals surface area contributed by atoms with Crippen molar-refractivity contribution in [3.8, 4) is 5.75 Å². The molecule has 1 aromatic heterocycles. The van der Waals surface area contributed by atoms with Crippen LogP contribution >= 0.6 is 11.6 Å². The molecule has 0 fully saturated rings. The number of fused-ring (bicyclic) bond motifs is 1. The summed E-state index contributed by atoms with van der Waals surface area (Å²) in [4.78, 5) is 0. The van der Waals surface area contributed by atoms with Gasteiger partial charge in [-0.3, -0.25) is 0 Å². The molecule has 0 aliphatic heterocycles. The van der Waals surface area contributed by atoms with Crippen molar-refractivity contribution in [3.05, 3.63) is 54.4 Å². The number of rotatable bonds is 5. The van der Waals surface area contributed by atoms with Gasteiger partial charge < -0.3 is 4.74 Å². The van der Waals surface area contributed by atoms with E-state index in [-0.39, 0.29) is 0 Å². The van der Waals surface area contributed by atoms with E-state index >= 15 is 0 Å². The number of alkyl halides is 1. The summed E-state index contributed by atoms with van der Waals surface area (Å²) in [6, 6.07) is 14.3. The van der Waals surface area contributed by atoms with Crippen molar-refractivity contribution in [1.29, 1.82) is 0 Å². The molecule has 2 aromatic carbocycles. The van der Waals surface area contributed by atoms with Gasteiger partial charge in [-0.15, -0.1) is 16.7 Å². The summed E-state index contributed by atoms with van der Waals surface area (Å²) in [7, 11) is 0. The number of hydrogen-bond acceptors (Lipinski definition) is 3. The van der Waals surface area contributed by atoms with Crippen molar-refractivity contribution in [1.82, 2.24) is 15.0 Å². The van der Waals surface area contributed by atoms with Gasteiger partial charge in [0.15, 0.2) is 0 Å². The van der Waals surface area contributed by atoms with Crippen LogP contribution in [0.2, 0.25) is 0 Å². The Hall–Kier alpha value is -2.07. The molecule has 20 heavy (non-hydrogen) atoms. The van der Waals surface area contributed by atoms with Crippen LogP contribution in [0.3, 0.4) is 0 Å². The van der Waals surface area contributed by atoms with Crippen LogP contribution < -0.4 is 4.74 Å². The first-order valence-electron chi connectivity index (χ1n) is 6.42. The highest BCUT2D eigenvalue weighted by molar-refractivity contribution is 6.16. The lowest BCUT2D eigenvalue weighted by Crippen LogP contribution is -2.08. The van der Waals surface area contributed by atoms with Gasteiger partial charge in [0, 0.05) is 6.20 Å². The summed E-state index contributed by atoms with van der Waals surface area (Å²) in [6.07, 6.45) is 1.83. The predicted octanol–water partition coefficient (Wildman–Crippen LogP) is 3.25. The molecule has 0 radical (unpaired) electrons. The highest BCUT2D eigenvalue weighted by atomic mass is 35.5. The Bertz CT molecular complexity index is 711. The standard InChI is InChI=1S/C15H14ClN3O/c16-10-14-11-19(18-17-14)7-8-20-15-6-5-12-3-1-2-4-13(12)9-15/h1-6,9,11H,7-8,10H2. The van der Waals surface area contributed by atoms with Crippen LogP contribution in [0.4, 0.5) is 0 Å². The average molecular weight is 288 g/mol. The molecule has 0 N–H and O–H groups in total. The summed E-state index contributed by atoms with van der Waals surface area (Å²) >= 11 is 5.68. The maximum absolute atomic E-state index is 5.74. The van der Waals surface area contributed by atoms with Crippen LogP contribution in [0, 0.1) is 0 Å². The van der Waals surface area contributed by atoms with Crippen molar-refractivity contribution < 1.29 is 4.74 Å². The maximum Gasteiger partial charge on any atom is 0.120 e. The van der Waals surface area contributed by atoms with Crippen LogP contribution in [-0.4, -0.2) is 21.6 Å². The second-order valence-electron chi connectivity index (χ2n) is 4.46. The molecular weight excluding hydrogens is 274 g/mol. The largest absolute Gasteiger partial charge is 0.492 e. The second-order valence-corrected chi connectivity index (χ2v) is 4.73. The molecule has 3 rings (SSSR count). The molecule has 0 bridgehead atoms. The van der Waals surface area contributed by atoms with Gasteiger partial charge in [-0.05, 0) is 22.9 Å². The number of halogens is 1. The number of nitrogens with zero attached hydrogens (tertiary/aromatic N) is 3. The maximum atomic E-state index is 5.74. The molecule has 0 saturated carbocycles. The molecule has 0 spiro atoms. The number of ether oxygens (including phenoxy) is 1. The minimum atomic E-state index is 0.380. The average Bonchev–Trinajstić information content (AvgIpc) is 2.95. The highest BCUT2D eigenvalue weighted by Gasteiger charge is 2.00. The highest BCUT2D eigenvalue weighted by Crippen LogP contribution is 2.20. The summed E-state index contributed by atoms with van der Waals surface area (Å²) in [5, 5.41) is 10.3. The Morgan fingerprint density at radius 1 is 1.10 bits per heavy atom. The predicted molar refractivity (Wildman–Crippen MR) is 79.0 cm³/mol. The topological polar surface area (TPSA) is 39.9 Å². The number of benzene rings is 2. The van der Waals surface area contributed by atoms with Crippen molar-refractivity contribution in [3.63, 3.8) is 0 Å². The van der Waals surface area contributed by atoms with Gasteiger partial charge in [-0.1, -0.05) is 35.5 Å². The van der Waals surface area contributed by atoms with Gasteiger partial charge in [0.25, 0.3) is 0 Å². The number of hydrogen-bond donors (Lipinski definition) is 0. The smallest absolute Gasteiger partial charge is 0.120 e. The van der Waals surface area contributed by atoms with Crippen molar-refractivity contribution >= 4 is 22.4 Å². The zero-order valence-corrected chi connectivity index (χ0v) is 11.6. The van der Waals surface area contributed by atoms with E-state index in [2.05, 4.69) is 28.5 Å². The quantitative estimate of drug-likeness (QED) is 0.676. The molecule has 0 saturated heterocycles. The molecule has 5 heteroatoms. The Labute approximate surface area is 121 Å². The van der Waals surface area contributed by atoms with Gasteiger partial charge >= 0.3 is 0 Å². The third-order valence-corrected chi connectivity index (χ3v) is 3.31. The van der Waals surface area contributed by atoms with Gasteiger partial charge in [0.1, 0.15) is 12.4 Å². The van der Waals surface area contributed by atoms with Crippen LogP contribution in [-0.2, 0) is 12.4 Å². The lowest BCUT2D eigenvalue weighted by atomic mass is 10.1. The molecule has 0 unspecified atom stereocenters. The molecule has 0 amide bonds. The van der Waals surface area contributed by atoms with Gasteiger partial charge in [-0.2, -0.15) is 0 Å². The fourth-order valence-corrected chi connectivity index (χ4v) is 2.15. The van der Waals surface area contributed by atoms with Crippen molar-refractivity contribution in [2.75, 3.05) is 6.61 Å². The number of aromatic nitrogens is 3. The van der Waals surface area contributed by atoms with Crippen LogP contribution in [0.5, 0.6) is 5.75 Å². The van der Waals surface area contributed by atoms with Gasteiger partial charge in [0.05, 0.1) is 18.1 Å². The third kappa shape index (κ3) is 2.91. The summed E-state index contributed by atoms with van der Waals surface area (Å²) in [5.41, 5.74) is 0.775. The SMILES string of the molecule is ClCc1cn(CCOc2ccc3ccccc3c2)nn1. The molecule has 0 aliphatic carbocycles. The van der Waals surface area contributed by atoms with E-state index in [0.717, 1.165) is 11.4 Å². The summed E-state index contributed by atoms with van der Waals surface area (Å²) in [6.45, 7) is 1.19. The Morgan fingerprint density at radius 3 is 2.75 bits per heavy atom. The molecule has 3 aromatic rings. The monoisotopic (exact) mass is 287 g/mol. The molecule has 0 aliphatic rings. The third-order valence-electron chi connectivity index (χ3n) is 3.03. The first-order valence-corrected chi connectivity index (χ1v) is 6.95. The second kappa shape index (κ2) is 5.92. The van der Waals surface area contributed by atoms with E-state index in [0.29, 0.717) is 19.0 Å². The first-order chi connectivity index (χ1) is 9.85. The van der Waals surface area contributed by atoms with E-state index < -0.39 is 0 Å². The van der Waals surface area contributed by atoms with Crippen LogP contribution in [0.15, 0.2) is 48.7 Å². The summed E-state index contributed by atoms with van der Waals surface area (Å²) in [5.74, 6) is 1.24. The van der Waals surface area contributed by atoms with Crippen molar-refractivity contribution in [2.24, 2.45) is 0 Å².